The number of hydrogen-bond acceptors (Lipinski definition) is 3. The highest BCUT2D eigenvalue weighted by atomic mass is 16.3. The first-order chi connectivity index (χ1) is 9.12. The van der Waals surface area contributed by atoms with Crippen LogP contribution in [0.3, 0.4) is 0 Å². The minimum absolute atomic E-state index is 0.159. The zero-order valence-electron chi connectivity index (χ0n) is 11.7. The van der Waals surface area contributed by atoms with Gasteiger partial charge in [0.05, 0.1) is 6.10 Å². The highest BCUT2D eigenvalue weighted by Crippen LogP contribution is 2.12. The van der Waals surface area contributed by atoms with Crippen LogP contribution in [0, 0.1) is 5.92 Å². The van der Waals surface area contributed by atoms with Crippen molar-refractivity contribution < 1.29 is 9.90 Å². The van der Waals surface area contributed by atoms with E-state index in [1.165, 1.54) is 0 Å². The normalized spacial score (nSPS) is 12.5. The molecular formula is C15H24N2O2. The van der Waals surface area contributed by atoms with Crippen molar-refractivity contribution >= 4 is 5.91 Å². The number of benzene rings is 1. The topological polar surface area (TPSA) is 75.3 Å². The van der Waals surface area contributed by atoms with Crippen LogP contribution in [-0.2, 0) is 6.54 Å². The van der Waals surface area contributed by atoms with Crippen LogP contribution in [0.2, 0.25) is 0 Å². The van der Waals surface area contributed by atoms with E-state index in [1.54, 1.807) is 12.1 Å². The Labute approximate surface area is 115 Å². The summed E-state index contributed by atoms with van der Waals surface area (Å²) in [7, 11) is 0. The molecule has 106 valence electrons. The van der Waals surface area contributed by atoms with Gasteiger partial charge in [-0.2, -0.15) is 0 Å². The van der Waals surface area contributed by atoms with Gasteiger partial charge in [0.25, 0.3) is 5.91 Å². The predicted molar refractivity (Wildman–Crippen MR) is 76.7 cm³/mol. The molecule has 4 N–H and O–H groups in total. The number of carbonyl (C=O) groups excluding carboxylic acids is 1. The van der Waals surface area contributed by atoms with Crippen LogP contribution in [0.1, 0.15) is 42.6 Å². The Balaban J connectivity index is 2.50. The molecule has 1 aromatic rings. The molecular weight excluding hydrogens is 240 g/mol. The second-order valence-electron chi connectivity index (χ2n) is 4.75. The first-order valence-corrected chi connectivity index (χ1v) is 6.87. The van der Waals surface area contributed by atoms with Crippen LogP contribution < -0.4 is 11.1 Å². The third kappa shape index (κ3) is 4.65. The van der Waals surface area contributed by atoms with Crippen LogP contribution in [0.25, 0.3) is 0 Å². The summed E-state index contributed by atoms with van der Waals surface area (Å²) in [6.07, 6.45) is 1.35. The lowest BCUT2D eigenvalue weighted by molar-refractivity contribution is 0.0816. The average Bonchev–Trinajstić information content (AvgIpc) is 2.46. The van der Waals surface area contributed by atoms with Gasteiger partial charge in [0.1, 0.15) is 0 Å². The molecule has 19 heavy (non-hydrogen) atoms. The van der Waals surface area contributed by atoms with E-state index in [4.69, 9.17) is 5.73 Å². The van der Waals surface area contributed by atoms with E-state index >= 15 is 0 Å². The van der Waals surface area contributed by atoms with E-state index < -0.39 is 6.10 Å². The van der Waals surface area contributed by atoms with Gasteiger partial charge in [0.2, 0.25) is 0 Å². The van der Waals surface area contributed by atoms with Gasteiger partial charge in [-0.05, 0) is 23.6 Å². The van der Waals surface area contributed by atoms with Gasteiger partial charge in [-0.25, -0.2) is 0 Å². The van der Waals surface area contributed by atoms with Crippen molar-refractivity contribution in [1.82, 2.24) is 5.32 Å². The number of nitrogens with two attached hydrogens (primary N) is 1. The highest BCUT2D eigenvalue weighted by Gasteiger charge is 2.16. The Morgan fingerprint density at radius 2 is 1.84 bits per heavy atom. The summed E-state index contributed by atoms with van der Waals surface area (Å²) >= 11 is 0. The monoisotopic (exact) mass is 264 g/mol. The van der Waals surface area contributed by atoms with E-state index in [9.17, 15) is 9.90 Å². The zero-order valence-corrected chi connectivity index (χ0v) is 11.7. The van der Waals surface area contributed by atoms with Crippen LogP contribution >= 0.6 is 0 Å². The standard InChI is InChI=1S/C15H24N2O2/c1-3-12(4-2)14(18)10-17-15(19)13-7-5-11(9-16)6-8-13/h5-8,12,14,18H,3-4,9-10,16H2,1-2H3,(H,17,19). The number of hydrogen-bond donors (Lipinski definition) is 3. The molecule has 0 saturated carbocycles. The Morgan fingerprint density at radius 3 is 2.32 bits per heavy atom. The first-order valence-electron chi connectivity index (χ1n) is 6.87. The summed E-state index contributed by atoms with van der Waals surface area (Å²) in [5.74, 6) is 0.0773. The van der Waals surface area contributed by atoms with Crippen molar-refractivity contribution in [2.24, 2.45) is 11.7 Å². The lowest BCUT2D eigenvalue weighted by atomic mass is 9.96. The largest absolute Gasteiger partial charge is 0.391 e. The van der Waals surface area contributed by atoms with Crippen LogP contribution in [0.5, 0.6) is 0 Å². The third-order valence-corrected chi connectivity index (χ3v) is 3.52. The molecule has 0 heterocycles. The number of rotatable bonds is 7. The van der Waals surface area contributed by atoms with E-state index in [-0.39, 0.29) is 11.8 Å². The van der Waals surface area contributed by atoms with Crippen LogP contribution in [-0.4, -0.2) is 23.7 Å². The summed E-state index contributed by atoms with van der Waals surface area (Å²) in [5.41, 5.74) is 7.09. The molecule has 1 rings (SSSR count). The van der Waals surface area contributed by atoms with Crippen LogP contribution in [0.4, 0.5) is 0 Å². The zero-order chi connectivity index (χ0) is 14.3. The molecule has 1 atom stereocenters. The van der Waals surface area contributed by atoms with Crippen LogP contribution in [0.15, 0.2) is 24.3 Å². The Morgan fingerprint density at radius 1 is 1.26 bits per heavy atom. The fraction of sp³-hybridized carbons (Fsp3) is 0.533. The average molecular weight is 264 g/mol. The first kappa shape index (κ1) is 15.7. The molecule has 0 radical (unpaired) electrons. The number of nitrogens with one attached hydrogen (secondary N) is 1. The van der Waals surface area contributed by atoms with E-state index in [2.05, 4.69) is 5.32 Å². The molecule has 0 bridgehead atoms. The maximum Gasteiger partial charge on any atom is 0.251 e. The molecule has 4 heteroatoms. The SMILES string of the molecule is CCC(CC)C(O)CNC(=O)c1ccc(CN)cc1. The minimum atomic E-state index is -0.484. The molecule has 4 nitrogen and oxygen atoms in total. The van der Waals surface area contributed by atoms with Crippen molar-refractivity contribution in [2.75, 3.05) is 6.54 Å². The van der Waals surface area contributed by atoms with Crippen molar-refractivity contribution in [3.8, 4) is 0 Å². The summed E-state index contributed by atoms with van der Waals surface area (Å²) in [5, 5.41) is 12.7. The molecule has 0 aliphatic carbocycles. The number of amides is 1. The smallest absolute Gasteiger partial charge is 0.251 e. The van der Waals surface area contributed by atoms with E-state index in [0.717, 1.165) is 18.4 Å². The van der Waals surface area contributed by atoms with Crippen molar-refractivity contribution in [1.29, 1.82) is 0 Å². The van der Waals surface area contributed by atoms with Gasteiger partial charge >= 0.3 is 0 Å². The molecule has 1 aromatic carbocycles. The van der Waals surface area contributed by atoms with Crippen molar-refractivity contribution in [2.45, 2.75) is 39.3 Å². The molecule has 0 spiro atoms. The van der Waals surface area contributed by atoms with Crippen molar-refractivity contribution in [3.05, 3.63) is 35.4 Å². The quantitative estimate of drug-likeness (QED) is 0.701. The maximum atomic E-state index is 11.9. The maximum absolute atomic E-state index is 11.9. The lowest BCUT2D eigenvalue weighted by Gasteiger charge is -2.20. The van der Waals surface area contributed by atoms with Gasteiger partial charge in [-0.3, -0.25) is 4.79 Å². The molecule has 1 amide bonds. The highest BCUT2D eigenvalue weighted by molar-refractivity contribution is 5.94. The Bertz CT molecular complexity index is 386. The lowest BCUT2D eigenvalue weighted by Crippen LogP contribution is -2.36. The fourth-order valence-corrected chi connectivity index (χ4v) is 2.09. The molecule has 0 aliphatic heterocycles. The summed E-state index contributed by atoms with van der Waals surface area (Å²) < 4.78 is 0. The molecule has 0 fully saturated rings. The molecule has 0 aromatic heterocycles. The second kappa shape index (κ2) is 7.92. The fourth-order valence-electron chi connectivity index (χ4n) is 2.09. The molecule has 1 unspecified atom stereocenters. The Kier molecular flexibility index (Phi) is 6.53. The number of aliphatic hydroxyl groups excluding tert-OH is 1. The van der Waals surface area contributed by atoms with Crippen molar-refractivity contribution in [3.63, 3.8) is 0 Å². The van der Waals surface area contributed by atoms with Gasteiger partial charge in [0.15, 0.2) is 0 Å². The minimum Gasteiger partial charge on any atom is -0.391 e. The summed E-state index contributed by atoms with van der Waals surface area (Å²) in [6.45, 7) is 4.86. The molecule has 0 aliphatic rings. The summed E-state index contributed by atoms with van der Waals surface area (Å²) in [6, 6.07) is 7.18. The van der Waals surface area contributed by atoms with Gasteiger partial charge in [-0.15, -0.1) is 0 Å². The number of aliphatic hydroxyl groups is 1. The number of carbonyl (C=O) groups is 1. The van der Waals surface area contributed by atoms with E-state index in [0.29, 0.717) is 18.7 Å². The van der Waals surface area contributed by atoms with Gasteiger partial charge in [-0.1, -0.05) is 38.8 Å². The van der Waals surface area contributed by atoms with Gasteiger partial charge < -0.3 is 16.2 Å². The van der Waals surface area contributed by atoms with E-state index in [1.807, 2.05) is 26.0 Å². The Hall–Kier alpha value is -1.39. The third-order valence-electron chi connectivity index (χ3n) is 3.52. The predicted octanol–water partition coefficient (Wildman–Crippen LogP) is 1.67. The molecule has 0 saturated heterocycles. The summed E-state index contributed by atoms with van der Waals surface area (Å²) in [4.78, 5) is 11.9. The van der Waals surface area contributed by atoms with Gasteiger partial charge in [0, 0.05) is 18.7 Å². The second-order valence-corrected chi connectivity index (χ2v) is 4.75.